The lowest BCUT2D eigenvalue weighted by atomic mass is 9.96. The fourth-order valence-electron chi connectivity index (χ4n) is 2.51. The minimum atomic E-state index is 0.101. The minimum Gasteiger partial charge on any atom is -0.357 e. The van der Waals surface area contributed by atoms with Crippen molar-refractivity contribution in [3.05, 3.63) is 0 Å². The Morgan fingerprint density at radius 2 is 2.00 bits per heavy atom. The van der Waals surface area contributed by atoms with E-state index in [-0.39, 0.29) is 5.91 Å². The molecule has 3 rings (SSSR count). The lowest BCUT2D eigenvalue weighted by Gasteiger charge is -2.21. The van der Waals surface area contributed by atoms with Crippen LogP contribution in [-0.2, 0) is 4.79 Å². The Hall–Kier alpha value is -0.820. The number of anilines is 1. The van der Waals surface area contributed by atoms with Gasteiger partial charge in [0, 0.05) is 12.6 Å². The average molecular weight is 326 g/mol. The van der Waals surface area contributed by atoms with E-state index in [2.05, 4.69) is 20.8 Å². The van der Waals surface area contributed by atoms with Crippen molar-refractivity contribution in [1.29, 1.82) is 0 Å². The maximum atomic E-state index is 11.7. The second kappa shape index (κ2) is 7.45. The van der Waals surface area contributed by atoms with Crippen molar-refractivity contribution in [2.24, 2.45) is 5.92 Å². The summed E-state index contributed by atoms with van der Waals surface area (Å²) in [5.41, 5.74) is 0. The minimum absolute atomic E-state index is 0.101. The molecule has 0 aliphatic heterocycles. The first kappa shape index (κ1) is 15.1. The maximum Gasteiger partial charge on any atom is 0.230 e. The number of hydrogen-bond acceptors (Lipinski definition) is 6. The van der Waals surface area contributed by atoms with Crippen molar-refractivity contribution in [2.75, 3.05) is 17.6 Å². The number of nitrogens with one attached hydrogen (secondary N) is 2. The topological polar surface area (TPSA) is 66.9 Å². The van der Waals surface area contributed by atoms with Gasteiger partial charge in [0.05, 0.1) is 5.75 Å². The molecule has 0 saturated heterocycles. The number of nitrogens with zero attached hydrogens (tertiary/aromatic N) is 2. The van der Waals surface area contributed by atoms with Crippen LogP contribution in [0.1, 0.15) is 44.9 Å². The third-order valence-electron chi connectivity index (χ3n) is 3.95. The Labute approximate surface area is 133 Å². The summed E-state index contributed by atoms with van der Waals surface area (Å²) in [7, 11) is 0. The Balaban J connectivity index is 1.38. The molecule has 2 aliphatic rings. The first-order valence-corrected chi connectivity index (χ1v) is 9.59. The number of carbonyl (C=O) groups excluding carboxylic acids is 1. The molecule has 5 nitrogen and oxygen atoms in total. The molecule has 0 aromatic carbocycles. The van der Waals surface area contributed by atoms with Crippen LogP contribution in [0.15, 0.2) is 4.34 Å². The highest BCUT2D eigenvalue weighted by atomic mass is 32.2. The van der Waals surface area contributed by atoms with Crippen molar-refractivity contribution >= 4 is 34.1 Å². The van der Waals surface area contributed by atoms with Crippen molar-refractivity contribution < 1.29 is 4.79 Å². The summed E-state index contributed by atoms with van der Waals surface area (Å²) < 4.78 is 0.870. The Kier molecular flexibility index (Phi) is 5.35. The van der Waals surface area contributed by atoms with Gasteiger partial charge < -0.3 is 10.6 Å². The number of amides is 1. The summed E-state index contributed by atoms with van der Waals surface area (Å²) in [5.74, 6) is 1.26. The van der Waals surface area contributed by atoms with Crippen LogP contribution in [0.5, 0.6) is 0 Å². The Morgan fingerprint density at radius 3 is 2.76 bits per heavy atom. The van der Waals surface area contributed by atoms with Gasteiger partial charge in [-0.1, -0.05) is 42.4 Å². The van der Waals surface area contributed by atoms with Crippen molar-refractivity contribution in [3.63, 3.8) is 0 Å². The van der Waals surface area contributed by atoms with E-state index < -0.39 is 0 Å². The fraction of sp³-hybridized carbons (Fsp3) is 0.786. The van der Waals surface area contributed by atoms with Crippen LogP contribution in [0.3, 0.4) is 0 Å². The monoisotopic (exact) mass is 326 g/mol. The molecule has 1 amide bonds. The van der Waals surface area contributed by atoms with Gasteiger partial charge in [-0.2, -0.15) is 0 Å². The zero-order valence-corrected chi connectivity index (χ0v) is 13.8. The highest BCUT2D eigenvalue weighted by molar-refractivity contribution is 8.01. The van der Waals surface area contributed by atoms with E-state index >= 15 is 0 Å². The Bertz CT molecular complexity index is 469. The van der Waals surface area contributed by atoms with Gasteiger partial charge in [0.2, 0.25) is 11.0 Å². The van der Waals surface area contributed by atoms with Gasteiger partial charge in [0.25, 0.3) is 0 Å². The van der Waals surface area contributed by atoms with E-state index in [0.717, 1.165) is 21.9 Å². The normalized spacial score (nSPS) is 19.4. The molecule has 21 heavy (non-hydrogen) atoms. The lowest BCUT2D eigenvalue weighted by molar-refractivity contribution is -0.118. The number of rotatable bonds is 7. The van der Waals surface area contributed by atoms with Crippen LogP contribution in [0.2, 0.25) is 0 Å². The second-order valence-electron chi connectivity index (χ2n) is 5.89. The zero-order chi connectivity index (χ0) is 14.5. The van der Waals surface area contributed by atoms with Crippen molar-refractivity contribution in [3.8, 4) is 0 Å². The third-order valence-corrected chi connectivity index (χ3v) is 5.94. The molecule has 1 heterocycles. The van der Waals surface area contributed by atoms with Gasteiger partial charge in [-0.05, 0) is 31.6 Å². The molecule has 2 fully saturated rings. The molecule has 1 aromatic heterocycles. The fourth-order valence-corrected chi connectivity index (χ4v) is 4.17. The predicted molar refractivity (Wildman–Crippen MR) is 86.9 cm³/mol. The summed E-state index contributed by atoms with van der Waals surface area (Å²) in [6.45, 7) is 0.837. The molecule has 0 unspecified atom stereocenters. The number of carbonyl (C=O) groups is 1. The molecule has 2 aliphatic carbocycles. The zero-order valence-electron chi connectivity index (χ0n) is 12.1. The highest BCUT2D eigenvalue weighted by Gasteiger charge is 2.21. The second-order valence-corrected chi connectivity index (χ2v) is 8.09. The van der Waals surface area contributed by atoms with Crippen LogP contribution < -0.4 is 10.6 Å². The number of hydrogen-bond donors (Lipinski definition) is 2. The van der Waals surface area contributed by atoms with E-state index in [9.17, 15) is 4.79 Å². The third kappa shape index (κ3) is 5.14. The molecule has 2 saturated carbocycles. The van der Waals surface area contributed by atoms with Gasteiger partial charge in [-0.15, -0.1) is 10.2 Å². The lowest BCUT2D eigenvalue weighted by Crippen LogP contribution is -2.27. The van der Waals surface area contributed by atoms with E-state index in [4.69, 9.17) is 0 Å². The number of thioether (sulfide) groups is 1. The molecular formula is C14H22N4OS2. The SMILES string of the molecule is O=C(CSc1nnc(NC2CCCCC2)s1)NCC1CC1. The summed E-state index contributed by atoms with van der Waals surface area (Å²) in [5, 5.41) is 15.7. The van der Waals surface area contributed by atoms with Gasteiger partial charge >= 0.3 is 0 Å². The van der Waals surface area contributed by atoms with Gasteiger partial charge in [0.1, 0.15) is 0 Å². The van der Waals surface area contributed by atoms with Crippen LogP contribution >= 0.6 is 23.1 Å². The molecule has 1 aromatic rings. The van der Waals surface area contributed by atoms with Crippen molar-refractivity contribution in [2.45, 2.75) is 55.3 Å². The molecule has 0 radical (unpaired) electrons. The summed E-state index contributed by atoms with van der Waals surface area (Å²) in [4.78, 5) is 11.7. The summed E-state index contributed by atoms with van der Waals surface area (Å²) in [6.07, 6.45) is 8.95. The average Bonchev–Trinajstić information content (AvgIpc) is 3.23. The van der Waals surface area contributed by atoms with E-state index in [1.165, 1.54) is 56.7 Å². The van der Waals surface area contributed by atoms with Crippen LogP contribution in [0.25, 0.3) is 0 Å². The van der Waals surface area contributed by atoms with Gasteiger partial charge in [-0.3, -0.25) is 4.79 Å². The van der Waals surface area contributed by atoms with Crippen molar-refractivity contribution in [1.82, 2.24) is 15.5 Å². The summed E-state index contributed by atoms with van der Waals surface area (Å²) >= 11 is 3.03. The first-order valence-electron chi connectivity index (χ1n) is 7.79. The molecule has 116 valence electrons. The maximum absolute atomic E-state index is 11.7. The molecule has 0 bridgehead atoms. The van der Waals surface area contributed by atoms with E-state index in [1.54, 1.807) is 11.3 Å². The Morgan fingerprint density at radius 1 is 1.19 bits per heavy atom. The van der Waals surface area contributed by atoms with E-state index in [0.29, 0.717) is 11.8 Å². The standard InChI is InChI=1S/C14H22N4OS2/c19-12(15-8-10-6-7-10)9-20-14-18-17-13(21-14)16-11-4-2-1-3-5-11/h10-11H,1-9H2,(H,15,19)(H,16,17). The molecule has 0 spiro atoms. The van der Waals surface area contributed by atoms with E-state index in [1.807, 2.05) is 0 Å². The predicted octanol–water partition coefficient (Wildman–Crippen LogP) is 2.90. The first-order chi connectivity index (χ1) is 10.3. The van der Waals surface area contributed by atoms with Crippen LogP contribution in [0, 0.1) is 5.92 Å². The quantitative estimate of drug-likeness (QED) is 0.754. The highest BCUT2D eigenvalue weighted by Crippen LogP contribution is 2.29. The largest absolute Gasteiger partial charge is 0.357 e. The van der Waals surface area contributed by atoms with Gasteiger partial charge in [0.15, 0.2) is 4.34 Å². The summed E-state index contributed by atoms with van der Waals surface area (Å²) in [6, 6.07) is 0.548. The number of aromatic nitrogens is 2. The smallest absolute Gasteiger partial charge is 0.230 e. The molecule has 0 atom stereocenters. The van der Waals surface area contributed by atoms with Crippen LogP contribution in [0.4, 0.5) is 5.13 Å². The van der Waals surface area contributed by atoms with Gasteiger partial charge in [-0.25, -0.2) is 0 Å². The molecular weight excluding hydrogens is 304 g/mol. The van der Waals surface area contributed by atoms with Crippen LogP contribution in [-0.4, -0.2) is 34.4 Å². The molecule has 2 N–H and O–H groups in total. The molecule has 7 heteroatoms.